The first-order chi connectivity index (χ1) is 36.5. The van der Waals surface area contributed by atoms with Crippen LogP contribution in [-0.4, -0.2) is 37.2 Å². The number of esters is 3. The molecule has 0 aliphatic heterocycles. The van der Waals surface area contributed by atoms with Crippen LogP contribution in [0.25, 0.3) is 0 Å². The van der Waals surface area contributed by atoms with Crippen LogP contribution in [-0.2, 0) is 28.6 Å². The molecule has 0 saturated carbocycles. The van der Waals surface area contributed by atoms with Crippen LogP contribution in [0.3, 0.4) is 0 Å². The molecular weight excluding hydrogens is 913 g/mol. The van der Waals surface area contributed by atoms with E-state index < -0.39 is 6.10 Å². The van der Waals surface area contributed by atoms with Gasteiger partial charge in [0.05, 0.1) is 0 Å². The van der Waals surface area contributed by atoms with Crippen LogP contribution in [0.5, 0.6) is 0 Å². The lowest BCUT2D eigenvalue weighted by atomic mass is 10.0. The Morgan fingerprint density at radius 3 is 0.784 bits per heavy atom. The largest absolute Gasteiger partial charge is 0.462 e. The Hall–Kier alpha value is -2.89. The molecule has 0 fully saturated rings. The van der Waals surface area contributed by atoms with Gasteiger partial charge in [-0.25, -0.2) is 0 Å². The molecule has 0 saturated heterocycles. The van der Waals surface area contributed by atoms with Gasteiger partial charge in [-0.2, -0.15) is 0 Å². The van der Waals surface area contributed by atoms with E-state index in [1.165, 1.54) is 199 Å². The standard InChI is InChI=1S/C68H122O6/c1-4-7-10-13-16-19-22-25-28-29-30-31-32-33-34-35-36-37-38-39-41-43-46-49-52-55-58-61-67(70)73-64-65(63-72-66(69)60-57-54-51-48-45-42-27-24-21-18-15-12-9-6-3)74-68(71)62-59-56-53-50-47-44-40-26-23-20-17-14-11-8-5-2/h17,20,22,25-26,29-30,32-33,40,65H,4-16,18-19,21,23-24,27-28,31,34-39,41-64H2,1-3H3/b20-17-,25-22-,30-29-,33-32-,40-26-. The van der Waals surface area contributed by atoms with E-state index in [2.05, 4.69) is 81.5 Å². The zero-order valence-corrected chi connectivity index (χ0v) is 49.4. The second-order valence-corrected chi connectivity index (χ2v) is 21.7. The van der Waals surface area contributed by atoms with E-state index in [-0.39, 0.29) is 31.1 Å². The molecule has 6 heteroatoms. The number of ether oxygens (including phenoxy) is 3. The van der Waals surface area contributed by atoms with Gasteiger partial charge in [0.2, 0.25) is 0 Å². The van der Waals surface area contributed by atoms with Gasteiger partial charge >= 0.3 is 17.9 Å². The third kappa shape index (κ3) is 60.0. The minimum absolute atomic E-state index is 0.0769. The lowest BCUT2D eigenvalue weighted by Crippen LogP contribution is -2.30. The summed E-state index contributed by atoms with van der Waals surface area (Å²) < 4.78 is 16.9. The van der Waals surface area contributed by atoms with Crippen molar-refractivity contribution in [3.05, 3.63) is 60.8 Å². The molecule has 74 heavy (non-hydrogen) atoms. The average molecular weight is 1040 g/mol. The van der Waals surface area contributed by atoms with Gasteiger partial charge in [0.15, 0.2) is 6.10 Å². The molecule has 1 atom stereocenters. The highest BCUT2D eigenvalue weighted by Gasteiger charge is 2.19. The van der Waals surface area contributed by atoms with E-state index in [9.17, 15) is 14.4 Å². The van der Waals surface area contributed by atoms with Crippen LogP contribution in [0.4, 0.5) is 0 Å². The monoisotopic (exact) mass is 1030 g/mol. The highest BCUT2D eigenvalue weighted by Crippen LogP contribution is 2.17. The van der Waals surface area contributed by atoms with E-state index >= 15 is 0 Å². The average Bonchev–Trinajstić information content (AvgIpc) is 3.40. The summed E-state index contributed by atoms with van der Waals surface area (Å²) in [5.41, 5.74) is 0. The van der Waals surface area contributed by atoms with Gasteiger partial charge in [0.1, 0.15) is 13.2 Å². The molecule has 0 spiro atoms. The topological polar surface area (TPSA) is 78.9 Å². The molecule has 0 amide bonds. The minimum Gasteiger partial charge on any atom is -0.462 e. The zero-order valence-electron chi connectivity index (χ0n) is 49.4. The lowest BCUT2D eigenvalue weighted by molar-refractivity contribution is -0.167. The van der Waals surface area contributed by atoms with Crippen molar-refractivity contribution >= 4 is 17.9 Å². The van der Waals surface area contributed by atoms with E-state index in [4.69, 9.17) is 14.2 Å². The molecule has 0 N–H and O–H groups in total. The van der Waals surface area contributed by atoms with Crippen LogP contribution >= 0.6 is 0 Å². The highest BCUT2D eigenvalue weighted by atomic mass is 16.6. The fourth-order valence-electron chi connectivity index (χ4n) is 9.36. The molecule has 0 rings (SSSR count). The van der Waals surface area contributed by atoms with Crippen LogP contribution in [0.2, 0.25) is 0 Å². The summed E-state index contributed by atoms with van der Waals surface area (Å²) in [4.78, 5) is 38.3. The van der Waals surface area contributed by atoms with Gasteiger partial charge in [-0.1, -0.05) is 287 Å². The molecule has 0 aliphatic rings. The van der Waals surface area contributed by atoms with Crippen molar-refractivity contribution in [1.82, 2.24) is 0 Å². The minimum atomic E-state index is -0.781. The van der Waals surface area contributed by atoms with Gasteiger partial charge in [-0.15, -0.1) is 0 Å². The molecule has 1 unspecified atom stereocenters. The fraction of sp³-hybridized carbons (Fsp3) is 0.809. The predicted octanol–water partition coefficient (Wildman–Crippen LogP) is 21.9. The molecule has 0 aromatic rings. The van der Waals surface area contributed by atoms with E-state index in [1.54, 1.807) is 0 Å². The molecule has 6 nitrogen and oxygen atoms in total. The van der Waals surface area contributed by atoms with Crippen molar-refractivity contribution in [2.24, 2.45) is 0 Å². The van der Waals surface area contributed by atoms with Gasteiger partial charge in [0, 0.05) is 19.3 Å². The Labute approximate surface area is 460 Å². The van der Waals surface area contributed by atoms with Crippen LogP contribution < -0.4 is 0 Å². The number of carbonyl (C=O) groups excluding carboxylic acids is 3. The summed E-state index contributed by atoms with van der Waals surface area (Å²) in [6.07, 6.45) is 79.4. The van der Waals surface area contributed by atoms with Crippen molar-refractivity contribution in [2.75, 3.05) is 13.2 Å². The smallest absolute Gasteiger partial charge is 0.306 e. The Morgan fingerprint density at radius 2 is 0.486 bits per heavy atom. The fourth-order valence-corrected chi connectivity index (χ4v) is 9.36. The highest BCUT2D eigenvalue weighted by molar-refractivity contribution is 5.71. The predicted molar refractivity (Wildman–Crippen MR) is 321 cm³/mol. The first-order valence-corrected chi connectivity index (χ1v) is 32.3. The number of hydrogen-bond acceptors (Lipinski definition) is 6. The lowest BCUT2D eigenvalue weighted by Gasteiger charge is -2.18. The van der Waals surface area contributed by atoms with Gasteiger partial charge in [-0.05, 0) is 89.9 Å². The molecule has 0 aromatic carbocycles. The second-order valence-electron chi connectivity index (χ2n) is 21.7. The van der Waals surface area contributed by atoms with Crippen molar-refractivity contribution in [3.8, 4) is 0 Å². The quantitative estimate of drug-likeness (QED) is 0.0261. The molecule has 0 radical (unpaired) electrons. The Kier molecular flexibility index (Phi) is 60.2. The Balaban J connectivity index is 4.26. The maximum Gasteiger partial charge on any atom is 0.306 e. The van der Waals surface area contributed by atoms with Crippen molar-refractivity contribution < 1.29 is 28.6 Å². The molecular formula is C68H122O6. The Bertz CT molecular complexity index is 1330. The first-order valence-electron chi connectivity index (χ1n) is 32.3. The first kappa shape index (κ1) is 71.1. The summed E-state index contributed by atoms with van der Waals surface area (Å²) in [6.45, 7) is 6.63. The van der Waals surface area contributed by atoms with E-state index in [1.807, 2.05) is 0 Å². The summed E-state index contributed by atoms with van der Waals surface area (Å²) in [7, 11) is 0. The summed E-state index contributed by atoms with van der Waals surface area (Å²) in [5, 5.41) is 0. The molecule has 430 valence electrons. The third-order valence-electron chi connectivity index (χ3n) is 14.2. The SMILES string of the molecule is CCCCC/C=C\C/C=C\CCCCCCCC(=O)OC(COC(=O)CCCCCCCCCCCCCC/C=C\C/C=C\C/C=C\CCCCCCC)COC(=O)CCCCCCCCCCCCCCCC. The Morgan fingerprint density at radius 1 is 0.270 bits per heavy atom. The van der Waals surface area contributed by atoms with Gasteiger partial charge in [-0.3, -0.25) is 14.4 Å². The second kappa shape index (κ2) is 62.6. The van der Waals surface area contributed by atoms with Crippen molar-refractivity contribution in [2.45, 2.75) is 341 Å². The number of unbranched alkanes of at least 4 members (excludes halogenated alkanes) is 38. The molecule has 0 aromatic heterocycles. The molecule has 0 bridgehead atoms. The van der Waals surface area contributed by atoms with Gasteiger partial charge in [0.25, 0.3) is 0 Å². The maximum absolute atomic E-state index is 12.9. The summed E-state index contributed by atoms with van der Waals surface area (Å²) >= 11 is 0. The van der Waals surface area contributed by atoms with Crippen LogP contribution in [0.1, 0.15) is 335 Å². The normalized spacial score (nSPS) is 12.4. The number of allylic oxidation sites excluding steroid dienone is 10. The van der Waals surface area contributed by atoms with Gasteiger partial charge < -0.3 is 14.2 Å². The van der Waals surface area contributed by atoms with Crippen molar-refractivity contribution in [3.63, 3.8) is 0 Å². The summed E-state index contributed by atoms with van der Waals surface area (Å²) in [6, 6.07) is 0. The van der Waals surface area contributed by atoms with E-state index in [0.717, 1.165) is 96.3 Å². The van der Waals surface area contributed by atoms with E-state index in [0.29, 0.717) is 19.3 Å². The van der Waals surface area contributed by atoms with Crippen LogP contribution in [0, 0.1) is 0 Å². The number of carbonyl (C=O) groups is 3. The zero-order chi connectivity index (χ0) is 53.6. The van der Waals surface area contributed by atoms with Crippen LogP contribution in [0.15, 0.2) is 60.8 Å². The van der Waals surface area contributed by atoms with Crippen molar-refractivity contribution in [1.29, 1.82) is 0 Å². The molecule has 0 aliphatic carbocycles. The number of rotatable bonds is 59. The third-order valence-corrected chi connectivity index (χ3v) is 14.2. The molecule has 0 heterocycles. The maximum atomic E-state index is 12.9. The number of hydrogen-bond donors (Lipinski definition) is 0. The summed E-state index contributed by atoms with van der Waals surface area (Å²) in [5.74, 6) is -0.875.